The number of carbonyl (C=O) groups is 2. The average Bonchev–Trinajstić information content (AvgIpc) is 2.55. The van der Waals surface area contributed by atoms with Crippen molar-refractivity contribution in [2.24, 2.45) is 5.92 Å². The second-order valence-electron chi connectivity index (χ2n) is 5.44. The summed E-state index contributed by atoms with van der Waals surface area (Å²) in [5.41, 5.74) is 0.808. The van der Waals surface area contributed by atoms with Gasteiger partial charge in [-0.2, -0.15) is 0 Å². The number of likely N-dealkylation sites (tertiary alicyclic amines) is 1. The molecule has 1 aliphatic heterocycles. The fourth-order valence-corrected chi connectivity index (χ4v) is 2.69. The SMILES string of the molecule is O=C(O)C1CCCN(C(=O)Nc2ccc3ccccc3n2)C1. The van der Waals surface area contributed by atoms with Crippen LogP contribution >= 0.6 is 0 Å². The van der Waals surface area contributed by atoms with Crippen molar-refractivity contribution in [3.05, 3.63) is 36.4 Å². The number of urea groups is 1. The van der Waals surface area contributed by atoms with Gasteiger partial charge in [-0.3, -0.25) is 10.1 Å². The van der Waals surface area contributed by atoms with Crippen LogP contribution in [0.15, 0.2) is 36.4 Å². The quantitative estimate of drug-likeness (QED) is 0.892. The molecule has 3 rings (SSSR count). The van der Waals surface area contributed by atoms with E-state index in [-0.39, 0.29) is 12.6 Å². The van der Waals surface area contributed by atoms with Crippen LogP contribution in [0.3, 0.4) is 0 Å². The minimum atomic E-state index is -0.846. The lowest BCUT2D eigenvalue weighted by molar-refractivity contribution is -0.143. The number of benzene rings is 1. The lowest BCUT2D eigenvalue weighted by Gasteiger charge is -2.30. The van der Waals surface area contributed by atoms with Crippen molar-refractivity contribution >= 4 is 28.7 Å². The first-order valence-corrected chi connectivity index (χ1v) is 7.28. The summed E-state index contributed by atoms with van der Waals surface area (Å²) in [5, 5.41) is 12.8. The van der Waals surface area contributed by atoms with E-state index in [4.69, 9.17) is 5.11 Å². The molecular formula is C16H17N3O3. The van der Waals surface area contributed by atoms with Crippen molar-refractivity contribution in [3.63, 3.8) is 0 Å². The zero-order chi connectivity index (χ0) is 15.5. The Labute approximate surface area is 127 Å². The number of fused-ring (bicyclic) bond motifs is 1. The van der Waals surface area contributed by atoms with Crippen molar-refractivity contribution in [2.75, 3.05) is 18.4 Å². The molecule has 1 atom stereocenters. The molecule has 22 heavy (non-hydrogen) atoms. The molecular weight excluding hydrogens is 282 g/mol. The minimum absolute atomic E-state index is 0.245. The maximum atomic E-state index is 12.3. The van der Waals surface area contributed by atoms with Crippen molar-refractivity contribution < 1.29 is 14.7 Å². The summed E-state index contributed by atoms with van der Waals surface area (Å²) in [7, 11) is 0. The van der Waals surface area contributed by atoms with E-state index in [2.05, 4.69) is 10.3 Å². The van der Waals surface area contributed by atoms with Crippen LogP contribution in [0.2, 0.25) is 0 Å². The number of carboxylic acid groups (broad SMARTS) is 1. The van der Waals surface area contributed by atoms with Crippen LogP contribution in [0.25, 0.3) is 10.9 Å². The number of para-hydroxylation sites is 1. The molecule has 0 saturated carbocycles. The Morgan fingerprint density at radius 3 is 2.86 bits per heavy atom. The highest BCUT2D eigenvalue weighted by Gasteiger charge is 2.28. The number of rotatable bonds is 2. The minimum Gasteiger partial charge on any atom is -0.481 e. The van der Waals surface area contributed by atoms with Gasteiger partial charge in [-0.15, -0.1) is 0 Å². The van der Waals surface area contributed by atoms with Crippen LogP contribution in [0.5, 0.6) is 0 Å². The number of pyridine rings is 1. The Hall–Kier alpha value is -2.63. The monoisotopic (exact) mass is 299 g/mol. The molecule has 0 bridgehead atoms. The summed E-state index contributed by atoms with van der Waals surface area (Å²) in [6.45, 7) is 0.817. The van der Waals surface area contributed by atoms with Crippen molar-refractivity contribution in [1.29, 1.82) is 0 Å². The van der Waals surface area contributed by atoms with Crippen LogP contribution in [0.1, 0.15) is 12.8 Å². The first-order chi connectivity index (χ1) is 10.6. The Bertz CT molecular complexity index is 717. The largest absolute Gasteiger partial charge is 0.481 e. The number of carboxylic acids is 1. The summed E-state index contributed by atoms with van der Waals surface area (Å²) in [4.78, 5) is 29.2. The molecule has 2 heterocycles. The molecule has 1 saturated heterocycles. The number of anilines is 1. The van der Waals surface area contributed by atoms with Crippen molar-refractivity contribution in [1.82, 2.24) is 9.88 Å². The van der Waals surface area contributed by atoms with E-state index >= 15 is 0 Å². The molecule has 1 aromatic heterocycles. The number of amides is 2. The standard InChI is InChI=1S/C16H17N3O3/c20-15(21)12-5-3-9-19(10-12)16(22)18-14-8-7-11-4-1-2-6-13(11)17-14/h1-2,4,6-8,12H,3,5,9-10H2,(H,20,21)(H,17,18,22). The molecule has 1 fully saturated rings. The van der Waals surface area contributed by atoms with Crippen LogP contribution in [-0.4, -0.2) is 40.1 Å². The lowest BCUT2D eigenvalue weighted by Crippen LogP contribution is -2.44. The molecule has 0 aliphatic carbocycles. The maximum absolute atomic E-state index is 12.3. The Kier molecular flexibility index (Phi) is 3.91. The van der Waals surface area contributed by atoms with Crippen LogP contribution in [0.4, 0.5) is 10.6 Å². The second kappa shape index (κ2) is 6.01. The van der Waals surface area contributed by atoms with E-state index in [0.29, 0.717) is 25.2 Å². The molecule has 1 aliphatic rings. The predicted molar refractivity (Wildman–Crippen MR) is 82.7 cm³/mol. The molecule has 1 unspecified atom stereocenters. The van der Waals surface area contributed by atoms with E-state index in [1.165, 1.54) is 0 Å². The fraction of sp³-hybridized carbons (Fsp3) is 0.312. The maximum Gasteiger partial charge on any atom is 0.323 e. The number of nitrogens with zero attached hydrogens (tertiary/aromatic N) is 2. The average molecular weight is 299 g/mol. The Morgan fingerprint density at radius 1 is 1.23 bits per heavy atom. The van der Waals surface area contributed by atoms with Gasteiger partial charge in [0, 0.05) is 18.5 Å². The summed E-state index contributed by atoms with van der Waals surface area (Å²) in [6, 6.07) is 11.0. The van der Waals surface area contributed by atoms with Gasteiger partial charge < -0.3 is 10.0 Å². The summed E-state index contributed by atoms with van der Waals surface area (Å²) >= 11 is 0. The van der Waals surface area contributed by atoms with E-state index in [1.807, 2.05) is 30.3 Å². The molecule has 0 radical (unpaired) electrons. The normalized spacial score (nSPS) is 18.2. The highest BCUT2D eigenvalue weighted by molar-refractivity contribution is 5.90. The second-order valence-corrected chi connectivity index (χ2v) is 5.44. The molecule has 2 N–H and O–H groups in total. The van der Waals surface area contributed by atoms with Gasteiger partial charge in [-0.25, -0.2) is 9.78 Å². The third-order valence-corrected chi connectivity index (χ3v) is 3.89. The van der Waals surface area contributed by atoms with Gasteiger partial charge in [0.2, 0.25) is 0 Å². The van der Waals surface area contributed by atoms with Gasteiger partial charge in [0.1, 0.15) is 5.82 Å². The number of hydrogen-bond donors (Lipinski definition) is 2. The molecule has 0 spiro atoms. The van der Waals surface area contributed by atoms with Gasteiger partial charge in [0.25, 0.3) is 0 Å². The van der Waals surface area contributed by atoms with Crippen molar-refractivity contribution in [2.45, 2.75) is 12.8 Å². The topological polar surface area (TPSA) is 82.5 Å². The molecule has 1 aromatic carbocycles. The number of carbonyl (C=O) groups excluding carboxylic acids is 1. The first-order valence-electron chi connectivity index (χ1n) is 7.28. The van der Waals surface area contributed by atoms with Crippen LogP contribution < -0.4 is 5.32 Å². The van der Waals surface area contributed by atoms with E-state index in [0.717, 1.165) is 10.9 Å². The van der Waals surface area contributed by atoms with Crippen molar-refractivity contribution in [3.8, 4) is 0 Å². The molecule has 6 heteroatoms. The summed E-state index contributed by atoms with van der Waals surface area (Å²) in [6.07, 6.45) is 1.32. The third kappa shape index (κ3) is 3.00. The van der Waals surface area contributed by atoms with Gasteiger partial charge in [-0.1, -0.05) is 18.2 Å². The van der Waals surface area contributed by atoms with Gasteiger partial charge in [0.05, 0.1) is 11.4 Å². The zero-order valence-electron chi connectivity index (χ0n) is 12.0. The molecule has 114 valence electrons. The van der Waals surface area contributed by atoms with Gasteiger partial charge in [-0.05, 0) is 31.0 Å². The number of aliphatic carboxylic acids is 1. The number of nitrogens with one attached hydrogen (secondary N) is 1. The highest BCUT2D eigenvalue weighted by atomic mass is 16.4. The van der Waals surface area contributed by atoms with Gasteiger partial charge in [0.15, 0.2) is 0 Å². The smallest absolute Gasteiger partial charge is 0.323 e. The van der Waals surface area contributed by atoms with E-state index in [1.54, 1.807) is 11.0 Å². The van der Waals surface area contributed by atoms with Gasteiger partial charge >= 0.3 is 12.0 Å². The number of piperidine rings is 1. The first kappa shape index (κ1) is 14.3. The highest BCUT2D eigenvalue weighted by Crippen LogP contribution is 2.19. The van der Waals surface area contributed by atoms with Crippen LogP contribution in [-0.2, 0) is 4.79 Å². The van der Waals surface area contributed by atoms with E-state index < -0.39 is 11.9 Å². The third-order valence-electron chi connectivity index (χ3n) is 3.89. The number of aromatic nitrogens is 1. The number of hydrogen-bond acceptors (Lipinski definition) is 3. The van der Waals surface area contributed by atoms with Crippen LogP contribution in [0, 0.1) is 5.92 Å². The van der Waals surface area contributed by atoms with E-state index in [9.17, 15) is 9.59 Å². The fourth-order valence-electron chi connectivity index (χ4n) is 2.69. The lowest BCUT2D eigenvalue weighted by atomic mass is 9.99. The molecule has 2 aromatic rings. The summed E-state index contributed by atoms with van der Waals surface area (Å²) in [5.74, 6) is -0.855. The molecule has 2 amide bonds. The Balaban J connectivity index is 1.71. The zero-order valence-corrected chi connectivity index (χ0v) is 12.0. The predicted octanol–water partition coefficient (Wildman–Crippen LogP) is 2.56. The Morgan fingerprint density at radius 2 is 2.05 bits per heavy atom. The summed E-state index contributed by atoms with van der Waals surface area (Å²) < 4.78 is 0. The molecule has 6 nitrogen and oxygen atoms in total.